The van der Waals surface area contributed by atoms with Crippen molar-refractivity contribution in [1.82, 2.24) is 10.3 Å². The summed E-state index contributed by atoms with van der Waals surface area (Å²) in [5.74, 6) is 0.0694. The standard InChI is InChI=1S/C14H23N3O3S2/c1-10(8-9-22(2,19)20)15-13(18)17-14-16-11-6-4-3-5-7-12(11)21-14/h10H,3-9H2,1-2H3,(H2,15,16,17,18). The maximum absolute atomic E-state index is 11.9. The molecule has 1 heterocycles. The first-order valence-corrected chi connectivity index (χ1v) is 10.4. The minimum atomic E-state index is -3.00. The molecule has 0 aliphatic heterocycles. The summed E-state index contributed by atoms with van der Waals surface area (Å²) in [6.45, 7) is 1.79. The zero-order chi connectivity index (χ0) is 16.2. The highest BCUT2D eigenvalue weighted by atomic mass is 32.2. The van der Waals surface area contributed by atoms with Crippen molar-refractivity contribution in [3.63, 3.8) is 0 Å². The number of thiazole rings is 1. The monoisotopic (exact) mass is 345 g/mol. The molecule has 6 nitrogen and oxygen atoms in total. The molecule has 1 aromatic heterocycles. The average Bonchev–Trinajstić information content (AvgIpc) is 2.64. The Morgan fingerprint density at radius 2 is 2.05 bits per heavy atom. The van der Waals surface area contributed by atoms with Crippen LogP contribution in [0, 0.1) is 0 Å². The minimum Gasteiger partial charge on any atom is -0.335 e. The number of fused-ring (bicyclic) bond motifs is 1. The summed E-state index contributed by atoms with van der Waals surface area (Å²) >= 11 is 1.54. The quantitative estimate of drug-likeness (QED) is 0.802. The summed E-state index contributed by atoms with van der Waals surface area (Å²) in [5, 5.41) is 6.13. The molecule has 8 heteroatoms. The summed E-state index contributed by atoms with van der Waals surface area (Å²) in [6.07, 6.45) is 7.21. The van der Waals surface area contributed by atoms with E-state index in [2.05, 4.69) is 15.6 Å². The molecule has 1 aliphatic rings. The second-order valence-electron chi connectivity index (χ2n) is 5.87. The van der Waals surface area contributed by atoms with Gasteiger partial charge < -0.3 is 5.32 Å². The van der Waals surface area contributed by atoms with Gasteiger partial charge in [0, 0.05) is 17.2 Å². The van der Waals surface area contributed by atoms with E-state index < -0.39 is 9.84 Å². The molecule has 1 aliphatic carbocycles. The Morgan fingerprint density at radius 1 is 1.32 bits per heavy atom. The van der Waals surface area contributed by atoms with E-state index in [1.807, 2.05) is 0 Å². The number of carbonyl (C=O) groups is 1. The number of rotatable bonds is 5. The van der Waals surface area contributed by atoms with E-state index in [1.54, 1.807) is 18.3 Å². The molecule has 0 fully saturated rings. The number of nitrogens with zero attached hydrogens (tertiary/aromatic N) is 1. The molecule has 2 rings (SSSR count). The number of sulfone groups is 1. The Balaban J connectivity index is 1.84. The molecule has 0 saturated carbocycles. The molecule has 1 atom stereocenters. The summed E-state index contributed by atoms with van der Waals surface area (Å²) in [7, 11) is -3.00. The van der Waals surface area contributed by atoms with Crippen LogP contribution in [0.5, 0.6) is 0 Å². The van der Waals surface area contributed by atoms with Crippen LogP contribution in [-0.2, 0) is 22.7 Å². The van der Waals surface area contributed by atoms with E-state index in [0.29, 0.717) is 11.6 Å². The number of hydrogen-bond acceptors (Lipinski definition) is 5. The van der Waals surface area contributed by atoms with Crippen molar-refractivity contribution in [2.24, 2.45) is 0 Å². The van der Waals surface area contributed by atoms with Gasteiger partial charge in [-0.3, -0.25) is 5.32 Å². The first-order chi connectivity index (χ1) is 10.3. The van der Waals surface area contributed by atoms with Crippen molar-refractivity contribution in [3.05, 3.63) is 10.6 Å². The first kappa shape index (κ1) is 17.2. The smallest absolute Gasteiger partial charge is 0.321 e. The summed E-state index contributed by atoms with van der Waals surface area (Å²) in [5.41, 5.74) is 1.11. The van der Waals surface area contributed by atoms with Crippen LogP contribution in [0.1, 0.15) is 43.2 Å². The van der Waals surface area contributed by atoms with Crippen molar-refractivity contribution < 1.29 is 13.2 Å². The number of amides is 2. The van der Waals surface area contributed by atoms with E-state index in [0.717, 1.165) is 25.0 Å². The number of carbonyl (C=O) groups excluding carboxylic acids is 1. The summed E-state index contributed by atoms with van der Waals surface area (Å²) < 4.78 is 22.2. The Labute approximate surface area is 135 Å². The van der Waals surface area contributed by atoms with E-state index in [1.165, 1.54) is 24.0 Å². The number of nitrogens with one attached hydrogen (secondary N) is 2. The highest BCUT2D eigenvalue weighted by Gasteiger charge is 2.16. The van der Waals surface area contributed by atoms with Gasteiger partial charge in [-0.1, -0.05) is 6.42 Å². The van der Waals surface area contributed by atoms with Crippen molar-refractivity contribution in [2.45, 2.75) is 51.5 Å². The van der Waals surface area contributed by atoms with E-state index >= 15 is 0 Å². The summed E-state index contributed by atoms with van der Waals surface area (Å²) in [4.78, 5) is 17.7. The number of aryl methyl sites for hydroxylation is 2. The van der Waals surface area contributed by atoms with Crippen LogP contribution < -0.4 is 10.6 Å². The highest BCUT2D eigenvalue weighted by molar-refractivity contribution is 7.90. The van der Waals surface area contributed by atoms with Gasteiger partial charge in [0.15, 0.2) is 5.13 Å². The molecule has 0 radical (unpaired) electrons. The zero-order valence-electron chi connectivity index (χ0n) is 13.0. The van der Waals surface area contributed by atoms with Gasteiger partial charge in [0.1, 0.15) is 9.84 Å². The van der Waals surface area contributed by atoms with Crippen LogP contribution in [0.25, 0.3) is 0 Å². The molecule has 2 amide bonds. The molecule has 1 aromatic rings. The molecule has 0 spiro atoms. The van der Waals surface area contributed by atoms with Gasteiger partial charge in [0.05, 0.1) is 11.4 Å². The van der Waals surface area contributed by atoms with E-state index in [9.17, 15) is 13.2 Å². The van der Waals surface area contributed by atoms with Gasteiger partial charge >= 0.3 is 6.03 Å². The lowest BCUT2D eigenvalue weighted by Crippen LogP contribution is -2.37. The fraction of sp³-hybridized carbons (Fsp3) is 0.714. The van der Waals surface area contributed by atoms with Gasteiger partial charge in [0.2, 0.25) is 0 Å². The molecule has 0 saturated heterocycles. The number of anilines is 1. The third-order valence-corrected chi connectivity index (χ3v) is 5.67. The normalized spacial score (nSPS) is 16.5. The Bertz CT molecular complexity index is 602. The molecule has 0 bridgehead atoms. The molecule has 124 valence electrons. The van der Waals surface area contributed by atoms with E-state index in [4.69, 9.17) is 0 Å². The largest absolute Gasteiger partial charge is 0.335 e. The second-order valence-corrected chi connectivity index (χ2v) is 9.21. The molecule has 1 unspecified atom stereocenters. The lowest BCUT2D eigenvalue weighted by molar-refractivity contribution is 0.249. The minimum absolute atomic E-state index is 0.0694. The fourth-order valence-corrected chi connectivity index (χ4v) is 4.23. The van der Waals surface area contributed by atoms with Crippen LogP contribution in [-0.4, -0.2) is 37.5 Å². The Morgan fingerprint density at radius 3 is 2.77 bits per heavy atom. The van der Waals surface area contributed by atoms with E-state index in [-0.39, 0.29) is 17.8 Å². The number of urea groups is 1. The third kappa shape index (κ3) is 5.57. The van der Waals surface area contributed by atoms with Gasteiger partial charge in [-0.05, 0) is 39.0 Å². The predicted octanol–water partition coefficient (Wildman–Crippen LogP) is 2.36. The van der Waals surface area contributed by atoms with Gasteiger partial charge in [0.25, 0.3) is 0 Å². The molecular formula is C14H23N3O3S2. The van der Waals surface area contributed by atoms with Gasteiger partial charge in [-0.25, -0.2) is 18.2 Å². The van der Waals surface area contributed by atoms with Crippen molar-refractivity contribution in [1.29, 1.82) is 0 Å². The Kier molecular flexibility index (Phi) is 5.80. The van der Waals surface area contributed by atoms with Crippen LogP contribution >= 0.6 is 11.3 Å². The average molecular weight is 345 g/mol. The van der Waals surface area contributed by atoms with Crippen molar-refractivity contribution in [3.8, 4) is 0 Å². The van der Waals surface area contributed by atoms with Crippen LogP contribution in [0.4, 0.5) is 9.93 Å². The molecule has 2 N–H and O–H groups in total. The highest BCUT2D eigenvalue weighted by Crippen LogP contribution is 2.28. The molecule has 22 heavy (non-hydrogen) atoms. The Hall–Kier alpha value is -1.15. The SMILES string of the molecule is CC(CCS(C)(=O)=O)NC(=O)Nc1nc2c(s1)CCCCC2. The van der Waals surface area contributed by atoms with Crippen LogP contribution in [0.3, 0.4) is 0 Å². The maximum atomic E-state index is 11.9. The van der Waals surface area contributed by atoms with Crippen molar-refractivity contribution in [2.75, 3.05) is 17.3 Å². The predicted molar refractivity (Wildman–Crippen MR) is 89.3 cm³/mol. The summed E-state index contributed by atoms with van der Waals surface area (Å²) in [6, 6.07) is -0.530. The first-order valence-electron chi connectivity index (χ1n) is 7.57. The van der Waals surface area contributed by atoms with Crippen LogP contribution in [0.15, 0.2) is 0 Å². The number of aromatic nitrogens is 1. The zero-order valence-corrected chi connectivity index (χ0v) is 14.6. The lowest BCUT2D eigenvalue weighted by Gasteiger charge is -2.13. The second kappa shape index (κ2) is 7.41. The maximum Gasteiger partial charge on any atom is 0.321 e. The van der Waals surface area contributed by atoms with Crippen LogP contribution in [0.2, 0.25) is 0 Å². The number of hydrogen-bond donors (Lipinski definition) is 2. The fourth-order valence-electron chi connectivity index (χ4n) is 2.40. The lowest BCUT2D eigenvalue weighted by atomic mass is 10.2. The third-order valence-electron chi connectivity index (χ3n) is 3.62. The molecule has 0 aromatic carbocycles. The van der Waals surface area contributed by atoms with Gasteiger partial charge in [-0.2, -0.15) is 0 Å². The van der Waals surface area contributed by atoms with Crippen molar-refractivity contribution >= 4 is 32.3 Å². The molecular weight excluding hydrogens is 322 g/mol. The van der Waals surface area contributed by atoms with Gasteiger partial charge in [-0.15, -0.1) is 11.3 Å². The topological polar surface area (TPSA) is 88.2 Å².